The van der Waals surface area contributed by atoms with Gasteiger partial charge in [-0.15, -0.1) is 11.3 Å². The first kappa shape index (κ1) is 16.7. The van der Waals surface area contributed by atoms with Crippen molar-refractivity contribution in [3.05, 3.63) is 10.6 Å². The number of piperidine rings is 1. The molecule has 1 fully saturated rings. The summed E-state index contributed by atoms with van der Waals surface area (Å²) in [6.07, 6.45) is 2.29. The van der Waals surface area contributed by atoms with E-state index in [2.05, 4.69) is 31.0 Å². The van der Waals surface area contributed by atoms with Crippen LogP contribution in [0.5, 0.6) is 0 Å². The summed E-state index contributed by atoms with van der Waals surface area (Å²) in [5, 5.41) is 4.65. The zero-order valence-electron chi connectivity index (χ0n) is 13.8. The Bertz CT molecular complexity index is 435. The Morgan fingerprint density at radius 1 is 1.38 bits per heavy atom. The molecular formula is C16H29N3OS. The van der Waals surface area contributed by atoms with Gasteiger partial charge in [-0.3, -0.25) is 0 Å². The molecule has 0 bridgehead atoms. The van der Waals surface area contributed by atoms with Gasteiger partial charge in [-0.1, -0.05) is 20.8 Å². The average molecular weight is 311 g/mol. The molecule has 0 spiro atoms. The van der Waals surface area contributed by atoms with Crippen molar-refractivity contribution in [3.63, 3.8) is 0 Å². The van der Waals surface area contributed by atoms with E-state index in [0.717, 1.165) is 51.0 Å². The first-order valence-electron chi connectivity index (χ1n) is 8.08. The van der Waals surface area contributed by atoms with Gasteiger partial charge in [-0.05, 0) is 24.7 Å². The second kappa shape index (κ2) is 8.11. The van der Waals surface area contributed by atoms with Gasteiger partial charge in [0.05, 0.1) is 12.3 Å². The molecule has 1 aliphatic rings. The Hall–Kier alpha value is -0.650. The normalized spacial score (nSPS) is 22.8. The standard InChI is InChI=1S/C16H29N3OS/c1-5-14-15(10-17-7-9-20-4)21-16(18-14)19-8-6-12(2)13(3)11-19/h12-13,17H,5-11H2,1-4H3. The number of thiazole rings is 1. The van der Waals surface area contributed by atoms with E-state index in [1.807, 2.05) is 11.3 Å². The van der Waals surface area contributed by atoms with Crippen molar-refractivity contribution in [2.24, 2.45) is 11.8 Å². The summed E-state index contributed by atoms with van der Waals surface area (Å²) in [6.45, 7) is 11.8. The largest absolute Gasteiger partial charge is 0.383 e. The lowest BCUT2D eigenvalue weighted by Crippen LogP contribution is -2.38. The molecule has 2 heterocycles. The van der Waals surface area contributed by atoms with Crippen LogP contribution in [0.4, 0.5) is 5.13 Å². The van der Waals surface area contributed by atoms with Crippen LogP contribution in [0.15, 0.2) is 0 Å². The molecule has 120 valence electrons. The lowest BCUT2D eigenvalue weighted by atomic mass is 9.89. The van der Waals surface area contributed by atoms with E-state index in [1.165, 1.54) is 22.1 Å². The molecule has 0 aromatic carbocycles. The zero-order valence-corrected chi connectivity index (χ0v) is 14.6. The molecular weight excluding hydrogens is 282 g/mol. The molecule has 1 aromatic heterocycles. The van der Waals surface area contributed by atoms with Crippen molar-refractivity contribution in [1.82, 2.24) is 10.3 Å². The Morgan fingerprint density at radius 3 is 2.86 bits per heavy atom. The number of hydrogen-bond donors (Lipinski definition) is 1. The Kier molecular flexibility index (Phi) is 6.45. The predicted molar refractivity (Wildman–Crippen MR) is 90.2 cm³/mol. The molecule has 0 saturated carbocycles. The summed E-state index contributed by atoms with van der Waals surface area (Å²) in [4.78, 5) is 8.75. The van der Waals surface area contributed by atoms with E-state index in [-0.39, 0.29) is 0 Å². The molecule has 4 nitrogen and oxygen atoms in total. The van der Waals surface area contributed by atoms with Gasteiger partial charge in [-0.25, -0.2) is 4.98 Å². The summed E-state index contributed by atoms with van der Waals surface area (Å²) in [5.74, 6) is 1.60. The highest BCUT2D eigenvalue weighted by Gasteiger charge is 2.25. The third-order valence-electron chi connectivity index (χ3n) is 4.48. The van der Waals surface area contributed by atoms with Crippen molar-refractivity contribution in [2.75, 3.05) is 38.3 Å². The third kappa shape index (κ3) is 4.41. The quantitative estimate of drug-likeness (QED) is 0.786. The van der Waals surface area contributed by atoms with Crippen LogP contribution < -0.4 is 10.2 Å². The van der Waals surface area contributed by atoms with Gasteiger partial charge in [0, 0.05) is 38.2 Å². The molecule has 0 radical (unpaired) electrons. The van der Waals surface area contributed by atoms with Gasteiger partial charge in [0.25, 0.3) is 0 Å². The lowest BCUT2D eigenvalue weighted by Gasteiger charge is -2.35. The number of methoxy groups -OCH3 is 1. The highest BCUT2D eigenvalue weighted by molar-refractivity contribution is 7.15. The number of anilines is 1. The van der Waals surface area contributed by atoms with Crippen LogP contribution in [0.1, 0.15) is 37.8 Å². The third-order valence-corrected chi connectivity index (χ3v) is 5.63. The van der Waals surface area contributed by atoms with E-state index in [9.17, 15) is 0 Å². The lowest BCUT2D eigenvalue weighted by molar-refractivity contribution is 0.199. The number of aromatic nitrogens is 1. The summed E-state index contributed by atoms with van der Waals surface area (Å²) in [5.41, 5.74) is 1.26. The maximum absolute atomic E-state index is 5.08. The summed E-state index contributed by atoms with van der Waals surface area (Å²) < 4.78 is 5.08. The van der Waals surface area contributed by atoms with Crippen molar-refractivity contribution >= 4 is 16.5 Å². The fraction of sp³-hybridized carbons (Fsp3) is 0.812. The number of nitrogens with zero attached hydrogens (tertiary/aromatic N) is 2. The second-order valence-electron chi connectivity index (χ2n) is 6.08. The zero-order chi connectivity index (χ0) is 15.2. The van der Waals surface area contributed by atoms with E-state index < -0.39 is 0 Å². The molecule has 2 unspecified atom stereocenters. The molecule has 1 aromatic rings. The molecule has 2 rings (SSSR count). The van der Waals surface area contributed by atoms with Gasteiger partial charge < -0.3 is 15.0 Å². The smallest absolute Gasteiger partial charge is 0.185 e. The molecule has 1 saturated heterocycles. The van der Waals surface area contributed by atoms with Crippen LogP contribution in [-0.2, 0) is 17.7 Å². The molecule has 21 heavy (non-hydrogen) atoms. The van der Waals surface area contributed by atoms with Gasteiger partial charge in [-0.2, -0.15) is 0 Å². The number of nitrogens with one attached hydrogen (secondary N) is 1. The Morgan fingerprint density at radius 2 is 2.19 bits per heavy atom. The topological polar surface area (TPSA) is 37.4 Å². The van der Waals surface area contributed by atoms with Crippen LogP contribution in [0.2, 0.25) is 0 Å². The minimum atomic E-state index is 0.759. The van der Waals surface area contributed by atoms with E-state index in [4.69, 9.17) is 9.72 Å². The van der Waals surface area contributed by atoms with Crippen LogP contribution in [0.3, 0.4) is 0 Å². The molecule has 0 amide bonds. The van der Waals surface area contributed by atoms with Gasteiger partial charge in [0.15, 0.2) is 5.13 Å². The molecule has 0 aliphatic carbocycles. The number of rotatable bonds is 7. The van der Waals surface area contributed by atoms with Gasteiger partial charge >= 0.3 is 0 Å². The number of aryl methyl sites for hydroxylation is 1. The van der Waals surface area contributed by atoms with Crippen molar-refractivity contribution in [2.45, 2.75) is 40.2 Å². The molecule has 1 N–H and O–H groups in total. The fourth-order valence-corrected chi connectivity index (χ4v) is 3.89. The van der Waals surface area contributed by atoms with Gasteiger partial charge in [0.1, 0.15) is 0 Å². The first-order valence-corrected chi connectivity index (χ1v) is 8.90. The van der Waals surface area contributed by atoms with E-state index in [1.54, 1.807) is 7.11 Å². The molecule has 5 heteroatoms. The maximum Gasteiger partial charge on any atom is 0.185 e. The van der Waals surface area contributed by atoms with Crippen molar-refractivity contribution in [1.29, 1.82) is 0 Å². The van der Waals surface area contributed by atoms with Crippen molar-refractivity contribution < 1.29 is 4.74 Å². The fourth-order valence-electron chi connectivity index (χ4n) is 2.73. The van der Waals surface area contributed by atoms with Crippen LogP contribution >= 0.6 is 11.3 Å². The van der Waals surface area contributed by atoms with Gasteiger partial charge in [0.2, 0.25) is 0 Å². The maximum atomic E-state index is 5.08. The van der Waals surface area contributed by atoms with Crippen LogP contribution in [-0.4, -0.2) is 38.3 Å². The highest BCUT2D eigenvalue weighted by atomic mass is 32.1. The van der Waals surface area contributed by atoms with E-state index >= 15 is 0 Å². The van der Waals surface area contributed by atoms with Crippen LogP contribution in [0, 0.1) is 11.8 Å². The SMILES string of the molecule is CCc1nc(N2CCC(C)C(C)C2)sc1CNCCOC. The average Bonchev–Trinajstić information content (AvgIpc) is 2.90. The highest BCUT2D eigenvalue weighted by Crippen LogP contribution is 2.31. The monoisotopic (exact) mass is 311 g/mol. The van der Waals surface area contributed by atoms with Crippen molar-refractivity contribution in [3.8, 4) is 0 Å². The number of hydrogen-bond acceptors (Lipinski definition) is 5. The summed E-state index contributed by atoms with van der Waals surface area (Å²) >= 11 is 1.86. The predicted octanol–water partition coefficient (Wildman–Crippen LogP) is 2.92. The minimum Gasteiger partial charge on any atom is -0.383 e. The molecule has 1 aliphatic heterocycles. The number of ether oxygens (including phenoxy) is 1. The molecule has 2 atom stereocenters. The first-order chi connectivity index (χ1) is 10.2. The minimum absolute atomic E-state index is 0.759. The van der Waals surface area contributed by atoms with E-state index in [0.29, 0.717) is 0 Å². The Labute approximate surface area is 132 Å². The second-order valence-corrected chi connectivity index (χ2v) is 7.14. The Balaban J connectivity index is 1.99. The van der Waals surface area contributed by atoms with Crippen LogP contribution in [0.25, 0.3) is 0 Å². The summed E-state index contributed by atoms with van der Waals surface area (Å²) in [7, 11) is 1.74. The summed E-state index contributed by atoms with van der Waals surface area (Å²) in [6, 6.07) is 0.